The Kier molecular flexibility index (Phi) is 9.41. The van der Waals surface area contributed by atoms with Crippen LogP contribution in [0.3, 0.4) is 0 Å². The van der Waals surface area contributed by atoms with Gasteiger partial charge in [0.25, 0.3) is 0 Å². The maximum atomic E-state index is 13.3. The molecule has 2 heterocycles. The predicted octanol–water partition coefficient (Wildman–Crippen LogP) is 5.26. The second-order valence-electron chi connectivity index (χ2n) is 9.83. The zero-order valence-corrected chi connectivity index (χ0v) is 24.5. The topological polar surface area (TPSA) is 124 Å². The van der Waals surface area contributed by atoms with Crippen LogP contribution in [0.15, 0.2) is 54.6 Å². The number of sulfonamides is 1. The number of piperidine rings is 1. The van der Waals surface area contributed by atoms with E-state index in [2.05, 4.69) is 4.90 Å². The van der Waals surface area contributed by atoms with Crippen LogP contribution >= 0.6 is 24.8 Å². The van der Waals surface area contributed by atoms with E-state index in [-0.39, 0.29) is 48.5 Å². The standard InChI is InChI=1S/C28H33N5O3S.2ClH/c1-3-37(34,35)33-26-9-8-25(36-24-10-12-32(13-11-24)18(2)29)16-23(26)17-27(33)20-6-4-19-5-7-21(28(30)31)15-22(19)14-20;;/h4-9,14-16,24,27,29H,3,10-13,17H2,1-2H3,(H3,30,31);2*1H/t27-;;/m1../s1. The van der Waals surface area contributed by atoms with Gasteiger partial charge in [-0.1, -0.05) is 24.3 Å². The summed E-state index contributed by atoms with van der Waals surface area (Å²) in [5.41, 5.74) is 8.88. The summed E-state index contributed by atoms with van der Waals surface area (Å²) in [7, 11) is -3.53. The normalized spacial score (nSPS) is 17.2. The molecule has 8 nitrogen and oxygen atoms in total. The van der Waals surface area contributed by atoms with Gasteiger partial charge in [-0.25, -0.2) is 8.42 Å². The number of halogens is 2. The fourth-order valence-electron chi connectivity index (χ4n) is 5.35. The summed E-state index contributed by atoms with van der Waals surface area (Å²) in [4.78, 5) is 2.06. The van der Waals surface area contributed by atoms with E-state index in [9.17, 15) is 8.42 Å². The molecule has 3 aromatic carbocycles. The average Bonchev–Trinajstić information content (AvgIpc) is 3.28. The van der Waals surface area contributed by atoms with Crippen molar-refractivity contribution in [1.29, 1.82) is 10.8 Å². The molecule has 0 bridgehead atoms. The molecule has 3 aromatic rings. The highest BCUT2D eigenvalue weighted by Gasteiger charge is 2.38. The summed E-state index contributed by atoms with van der Waals surface area (Å²) in [6.07, 6.45) is 2.34. The van der Waals surface area contributed by atoms with Gasteiger partial charge in [0.2, 0.25) is 10.0 Å². The van der Waals surface area contributed by atoms with Crippen molar-refractivity contribution in [2.45, 2.75) is 45.3 Å². The molecule has 210 valence electrons. The lowest BCUT2D eigenvalue weighted by molar-refractivity contribution is 0.130. The molecule has 0 spiro atoms. The maximum absolute atomic E-state index is 13.3. The SMILES string of the molecule is CCS(=O)(=O)N1c2ccc(OC3CCN(C(C)=N)CC3)cc2C[C@@H]1c1ccc2ccc(C(=N)N)cc2c1.Cl.Cl. The fraction of sp³-hybridized carbons (Fsp3) is 0.357. The van der Waals surface area contributed by atoms with Crippen LogP contribution in [0.25, 0.3) is 10.8 Å². The Balaban J connectivity index is 0.00000210. The van der Waals surface area contributed by atoms with Gasteiger partial charge in [-0.15, -0.1) is 24.8 Å². The van der Waals surface area contributed by atoms with Crippen LogP contribution in [-0.2, 0) is 16.4 Å². The minimum atomic E-state index is -3.53. The highest BCUT2D eigenvalue weighted by molar-refractivity contribution is 7.92. The average molecular weight is 593 g/mol. The molecular formula is C28H35Cl2N5O3S. The van der Waals surface area contributed by atoms with Gasteiger partial charge in [-0.3, -0.25) is 15.1 Å². The number of fused-ring (bicyclic) bond motifs is 2. The number of rotatable bonds is 6. The number of ether oxygens (including phenoxy) is 1. The second-order valence-corrected chi connectivity index (χ2v) is 12.0. The lowest BCUT2D eigenvalue weighted by atomic mass is 9.98. The van der Waals surface area contributed by atoms with Crippen molar-refractivity contribution in [3.05, 3.63) is 71.3 Å². The fourth-order valence-corrected chi connectivity index (χ4v) is 6.69. The third kappa shape index (κ3) is 6.10. The number of benzene rings is 3. The Morgan fingerprint density at radius 1 is 1.00 bits per heavy atom. The molecule has 5 rings (SSSR count). The van der Waals surface area contributed by atoms with Gasteiger partial charge in [-0.05, 0) is 66.1 Å². The van der Waals surface area contributed by atoms with Gasteiger partial charge in [-0.2, -0.15) is 0 Å². The maximum Gasteiger partial charge on any atom is 0.235 e. The van der Waals surface area contributed by atoms with Crippen molar-refractivity contribution >= 4 is 63.0 Å². The largest absolute Gasteiger partial charge is 0.490 e. The Morgan fingerprint density at radius 3 is 2.33 bits per heavy atom. The molecule has 4 N–H and O–H groups in total. The first-order chi connectivity index (χ1) is 17.7. The first-order valence-corrected chi connectivity index (χ1v) is 14.3. The van der Waals surface area contributed by atoms with Gasteiger partial charge in [0.1, 0.15) is 17.7 Å². The minimum Gasteiger partial charge on any atom is -0.490 e. The monoisotopic (exact) mass is 591 g/mol. The molecule has 2 aliphatic rings. The highest BCUT2D eigenvalue weighted by atomic mass is 35.5. The van der Waals surface area contributed by atoms with E-state index in [1.807, 2.05) is 61.5 Å². The quantitative estimate of drug-likeness (QED) is 0.266. The van der Waals surface area contributed by atoms with Crippen LogP contribution < -0.4 is 14.8 Å². The third-order valence-electron chi connectivity index (χ3n) is 7.43. The summed E-state index contributed by atoms with van der Waals surface area (Å²) in [5, 5.41) is 17.5. The molecule has 39 heavy (non-hydrogen) atoms. The van der Waals surface area contributed by atoms with Crippen molar-refractivity contribution in [1.82, 2.24) is 4.90 Å². The van der Waals surface area contributed by atoms with Crippen molar-refractivity contribution in [2.24, 2.45) is 5.73 Å². The smallest absolute Gasteiger partial charge is 0.235 e. The molecule has 0 amide bonds. The van der Waals surface area contributed by atoms with Crippen LogP contribution in [0.2, 0.25) is 0 Å². The number of nitrogen functional groups attached to an aromatic ring is 1. The van der Waals surface area contributed by atoms with Crippen LogP contribution in [0.1, 0.15) is 49.4 Å². The predicted molar refractivity (Wildman–Crippen MR) is 163 cm³/mol. The van der Waals surface area contributed by atoms with Crippen molar-refractivity contribution in [2.75, 3.05) is 23.1 Å². The number of amidine groups is 2. The van der Waals surface area contributed by atoms with E-state index >= 15 is 0 Å². The van der Waals surface area contributed by atoms with Crippen molar-refractivity contribution < 1.29 is 13.2 Å². The van der Waals surface area contributed by atoms with Crippen LogP contribution in [0.5, 0.6) is 5.75 Å². The summed E-state index contributed by atoms with van der Waals surface area (Å²) in [6, 6.07) is 17.0. The summed E-state index contributed by atoms with van der Waals surface area (Å²) >= 11 is 0. The van der Waals surface area contributed by atoms with Gasteiger partial charge in [0.05, 0.1) is 23.3 Å². The van der Waals surface area contributed by atoms with Gasteiger partial charge >= 0.3 is 0 Å². The number of nitrogens with one attached hydrogen (secondary N) is 2. The van der Waals surface area contributed by atoms with E-state index in [4.69, 9.17) is 21.3 Å². The number of hydrogen-bond donors (Lipinski definition) is 3. The zero-order valence-electron chi connectivity index (χ0n) is 22.0. The van der Waals surface area contributed by atoms with Crippen LogP contribution in [0.4, 0.5) is 5.69 Å². The first kappa shape index (κ1) is 30.5. The second kappa shape index (κ2) is 12.0. The number of nitrogens with zero attached hydrogens (tertiary/aromatic N) is 2. The van der Waals surface area contributed by atoms with E-state index in [1.54, 1.807) is 11.2 Å². The Morgan fingerprint density at radius 2 is 1.69 bits per heavy atom. The molecule has 0 saturated carbocycles. The highest BCUT2D eigenvalue weighted by Crippen LogP contribution is 2.44. The molecular weight excluding hydrogens is 557 g/mol. The number of likely N-dealkylation sites (tertiary alicyclic amines) is 1. The molecule has 2 aliphatic heterocycles. The molecule has 11 heteroatoms. The minimum absolute atomic E-state index is 0. The van der Waals surface area contributed by atoms with Gasteiger partial charge < -0.3 is 15.4 Å². The van der Waals surface area contributed by atoms with E-state index < -0.39 is 10.0 Å². The molecule has 0 aromatic heterocycles. The lowest BCUT2D eigenvalue weighted by Crippen LogP contribution is -2.40. The number of nitrogens with two attached hydrogens (primary N) is 1. The first-order valence-electron chi connectivity index (χ1n) is 12.7. The molecule has 0 radical (unpaired) electrons. The van der Waals surface area contributed by atoms with Crippen LogP contribution in [0, 0.1) is 10.8 Å². The summed E-state index contributed by atoms with van der Waals surface area (Å²) in [6.45, 7) is 5.10. The van der Waals surface area contributed by atoms with Gasteiger partial charge in [0.15, 0.2) is 0 Å². The van der Waals surface area contributed by atoms with Crippen molar-refractivity contribution in [3.63, 3.8) is 0 Å². The lowest BCUT2D eigenvalue weighted by Gasteiger charge is -2.33. The Bertz CT molecular complexity index is 1490. The molecule has 1 saturated heterocycles. The van der Waals surface area contributed by atoms with Crippen LogP contribution in [-0.4, -0.2) is 49.9 Å². The van der Waals surface area contributed by atoms with Gasteiger partial charge in [0, 0.05) is 37.9 Å². The Hall–Kier alpha value is -3.01. The van der Waals surface area contributed by atoms with E-state index in [0.717, 1.165) is 53.6 Å². The number of anilines is 1. The number of hydrogen-bond acceptors (Lipinski definition) is 5. The third-order valence-corrected chi connectivity index (χ3v) is 9.21. The molecule has 0 aliphatic carbocycles. The molecule has 0 unspecified atom stereocenters. The summed E-state index contributed by atoms with van der Waals surface area (Å²) in [5.74, 6) is 1.35. The van der Waals surface area contributed by atoms with E-state index in [1.165, 1.54) is 0 Å². The zero-order chi connectivity index (χ0) is 26.3. The molecule has 1 fully saturated rings. The van der Waals surface area contributed by atoms with Crippen molar-refractivity contribution in [3.8, 4) is 5.75 Å². The molecule has 1 atom stereocenters. The summed E-state index contributed by atoms with van der Waals surface area (Å²) < 4.78 is 34.4. The van der Waals surface area contributed by atoms with E-state index in [0.29, 0.717) is 23.5 Å². The Labute approximate surface area is 242 Å².